The Morgan fingerprint density at radius 2 is 1.25 bits per heavy atom. The summed E-state index contributed by atoms with van der Waals surface area (Å²) in [7, 11) is 1.64. The van der Waals surface area contributed by atoms with E-state index >= 15 is 0 Å². The lowest BCUT2D eigenvalue weighted by Gasteiger charge is -2.12. The highest BCUT2D eigenvalue weighted by molar-refractivity contribution is 5.37. The van der Waals surface area contributed by atoms with Crippen molar-refractivity contribution in [1.29, 1.82) is 0 Å². The van der Waals surface area contributed by atoms with E-state index in [0.717, 1.165) is 5.56 Å². The summed E-state index contributed by atoms with van der Waals surface area (Å²) in [6.07, 6.45) is 0.559. The Hall–Kier alpha value is -1.26. The predicted molar refractivity (Wildman–Crippen MR) is 104 cm³/mol. The van der Waals surface area contributed by atoms with E-state index in [0.29, 0.717) is 83.8 Å². The van der Waals surface area contributed by atoms with E-state index in [-0.39, 0.29) is 13.2 Å². The first-order valence-electron chi connectivity index (χ1n) is 9.58. The highest BCUT2D eigenvalue weighted by Crippen LogP contribution is 2.20. The molecule has 1 aromatic rings. The zero-order valence-electron chi connectivity index (χ0n) is 16.8. The van der Waals surface area contributed by atoms with E-state index in [1.165, 1.54) is 0 Å². The normalized spacial score (nSPS) is 11.1. The molecule has 0 aromatic heterocycles. The van der Waals surface area contributed by atoms with Crippen molar-refractivity contribution >= 4 is 0 Å². The first kappa shape index (κ1) is 24.8. The van der Waals surface area contributed by atoms with E-state index in [9.17, 15) is 5.11 Å². The molecule has 28 heavy (non-hydrogen) atoms. The molecule has 1 aromatic carbocycles. The molecular weight excluding hydrogens is 368 g/mol. The van der Waals surface area contributed by atoms with Gasteiger partial charge in [0.25, 0.3) is 0 Å². The van der Waals surface area contributed by atoms with Crippen LogP contribution in [-0.2, 0) is 36.7 Å². The fourth-order valence-corrected chi connectivity index (χ4v) is 2.30. The number of aliphatic hydroxyl groups excluding tert-OH is 2. The number of rotatable bonds is 19. The maximum Gasteiger partial charge on any atom is 0.124 e. The molecular formula is C20H34O8. The molecule has 0 heterocycles. The van der Waals surface area contributed by atoms with Crippen LogP contribution in [0.5, 0.6) is 5.75 Å². The van der Waals surface area contributed by atoms with Gasteiger partial charge in [0.2, 0.25) is 0 Å². The van der Waals surface area contributed by atoms with Crippen molar-refractivity contribution in [3.05, 3.63) is 29.3 Å². The van der Waals surface area contributed by atoms with Gasteiger partial charge in [-0.1, -0.05) is 6.07 Å². The fourth-order valence-electron chi connectivity index (χ4n) is 2.30. The lowest BCUT2D eigenvalue weighted by Crippen LogP contribution is -2.14. The van der Waals surface area contributed by atoms with Crippen LogP contribution < -0.4 is 4.74 Å². The number of hydrogen-bond acceptors (Lipinski definition) is 8. The van der Waals surface area contributed by atoms with E-state index in [4.69, 9.17) is 33.5 Å². The first-order chi connectivity index (χ1) is 13.8. The van der Waals surface area contributed by atoms with Gasteiger partial charge in [0.05, 0.1) is 66.1 Å². The monoisotopic (exact) mass is 402 g/mol. The zero-order valence-corrected chi connectivity index (χ0v) is 16.8. The lowest BCUT2D eigenvalue weighted by molar-refractivity contribution is -0.00982. The molecule has 8 nitrogen and oxygen atoms in total. The van der Waals surface area contributed by atoms with Crippen LogP contribution in [0.3, 0.4) is 0 Å². The molecule has 0 aliphatic carbocycles. The summed E-state index contributed by atoms with van der Waals surface area (Å²) in [5, 5.41) is 18.4. The molecule has 2 N–H and O–H groups in total. The van der Waals surface area contributed by atoms with Gasteiger partial charge in [-0.05, 0) is 24.1 Å². The minimum atomic E-state index is -0.106. The number of benzene rings is 1. The van der Waals surface area contributed by atoms with Gasteiger partial charge in [-0.15, -0.1) is 0 Å². The molecule has 162 valence electrons. The van der Waals surface area contributed by atoms with Gasteiger partial charge in [0, 0.05) is 19.3 Å². The molecule has 0 fully saturated rings. The lowest BCUT2D eigenvalue weighted by atomic mass is 10.1. The van der Waals surface area contributed by atoms with Gasteiger partial charge in [-0.3, -0.25) is 0 Å². The Kier molecular flexibility index (Phi) is 15.8. The molecule has 0 spiro atoms. The molecule has 0 saturated heterocycles. The quantitative estimate of drug-likeness (QED) is 0.328. The third-order valence-corrected chi connectivity index (χ3v) is 3.73. The average molecular weight is 402 g/mol. The van der Waals surface area contributed by atoms with Crippen LogP contribution in [0.15, 0.2) is 18.2 Å². The largest absolute Gasteiger partial charge is 0.491 e. The van der Waals surface area contributed by atoms with E-state index in [1.54, 1.807) is 7.11 Å². The highest BCUT2D eigenvalue weighted by Gasteiger charge is 2.04. The topological polar surface area (TPSA) is 95.8 Å². The SMILES string of the molecule is COCCOCCOCCOCCOCCOc1ccc(CCO)cc1CO. The van der Waals surface area contributed by atoms with E-state index in [1.807, 2.05) is 18.2 Å². The Morgan fingerprint density at radius 1 is 0.714 bits per heavy atom. The molecule has 8 heteroatoms. The van der Waals surface area contributed by atoms with Gasteiger partial charge in [-0.25, -0.2) is 0 Å². The van der Waals surface area contributed by atoms with Crippen LogP contribution in [0, 0.1) is 0 Å². The summed E-state index contributed by atoms with van der Waals surface area (Å²) in [5.74, 6) is 0.632. The van der Waals surface area contributed by atoms with Gasteiger partial charge in [0.1, 0.15) is 12.4 Å². The summed E-state index contributed by atoms with van der Waals surface area (Å²) >= 11 is 0. The Balaban J connectivity index is 1.94. The maximum absolute atomic E-state index is 9.42. The number of aliphatic hydroxyl groups is 2. The van der Waals surface area contributed by atoms with E-state index < -0.39 is 0 Å². The zero-order chi connectivity index (χ0) is 20.3. The number of methoxy groups -OCH3 is 1. The summed E-state index contributed by atoms with van der Waals surface area (Å²) < 4.78 is 32.0. The average Bonchev–Trinajstić information content (AvgIpc) is 2.71. The second-order valence-corrected chi connectivity index (χ2v) is 5.86. The van der Waals surface area contributed by atoms with Crippen LogP contribution in [0.4, 0.5) is 0 Å². The third-order valence-electron chi connectivity index (χ3n) is 3.73. The van der Waals surface area contributed by atoms with Crippen molar-refractivity contribution in [2.45, 2.75) is 13.0 Å². The second-order valence-electron chi connectivity index (χ2n) is 5.86. The summed E-state index contributed by atoms with van der Waals surface area (Å²) in [6, 6.07) is 5.53. The predicted octanol–water partition coefficient (Wildman–Crippen LogP) is 0.805. The molecule has 0 amide bonds. The number of ether oxygens (including phenoxy) is 6. The van der Waals surface area contributed by atoms with Crippen molar-refractivity contribution < 1.29 is 38.6 Å². The third kappa shape index (κ3) is 12.2. The summed E-state index contributed by atoms with van der Waals surface area (Å²) in [5.41, 5.74) is 1.67. The molecule has 1 rings (SSSR count). The molecule has 0 atom stereocenters. The van der Waals surface area contributed by atoms with Crippen molar-refractivity contribution in [2.75, 3.05) is 79.8 Å². The van der Waals surface area contributed by atoms with E-state index in [2.05, 4.69) is 0 Å². The van der Waals surface area contributed by atoms with Crippen molar-refractivity contribution in [3.63, 3.8) is 0 Å². The Bertz CT molecular complexity index is 483. The molecule has 0 saturated carbocycles. The van der Waals surface area contributed by atoms with Crippen molar-refractivity contribution in [3.8, 4) is 5.75 Å². The molecule has 0 aliphatic rings. The fraction of sp³-hybridized carbons (Fsp3) is 0.700. The number of hydrogen-bond donors (Lipinski definition) is 2. The minimum Gasteiger partial charge on any atom is -0.491 e. The Morgan fingerprint density at radius 3 is 1.75 bits per heavy atom. The van der Waals surface area contributed by atoms with Crippen LogP contribution >= 0.6 is 0 Å². The standard InChI is InChI=1S/C20H34O8/c1-23-6-7-24-8-9-25-10-11-26-12-13-27-14-15-28-20-3-2-18(4-5-21)16-19(20)17-22/h2-3,16,21-22H,4-15,17H2,1H3. The Labute approximate surface area is 167 Å². The van der Waals surface area contributed by atoms with Crippen molar-refractivity contribution in [2.24, 2.45) is 0 Å². The molecule has 0 unspecified atom stereocenters. The van der Waals surface area contributed by atoms with Gasteiger partial charge in [0.15, 0.2) is 0 Å². The minimum absolute atomic E-state index is 0.0798. The van der Waals surface area contributed by atoms with Crippen LogP contribution in [0.25, 0.3) is 0 Å². The van der Waals surface area contributed by atoms with Crippen LogP contribution in [-0.4, -0.2) is 90.0 Å². The van der Waals surface area contributed by atoms with Crippen LogP contribution in [0.1, 0.15) is 11.1 Å². The smallest absolute Gasteiger partial charge is 0.124 e. The molecule has 0 radical (unpaired) electrons. The summed E-state index contributed by atoms with van der Waals surface area (Å²) in [6.45, 7) is 5.05. The van der Waals surface area contributed by atoms with Gasteiger partial charge in [-0.2, -0.15) is 0 Å². The van der Waals surface area contributed by atoms with Crippen LogP contribution in [0.2, 0.25) is 0 Å². The highest BCUT2D eigenvalue weighted by atomic mass is 16.6. The molecule has 0 aliphatic heterocycles. The molecule has 0 bridgehead atoms. The van der Waals surface area contributed by atoms with Crippen molar-refractivity contribution in [1.82, 2.24) is 0 Å². The summed E-state index contributed by atoms with van der Waals surface area (Å²) in [4.78, 5) is 0. The first-order valence-corrected chi connectivity index (χ1v) is 9.58. The second kappa shape index (κ2) is 17.8. The van der Waals surface area contributed by atoms with Gasteiger partial charge >= 0.3 is 0 Å². The van der Waals surface area contributed by atoms with Gasteiger partial charge < -0.3 is 38.6 Å². The maximum atomic E-state index is 9.42.